The summed E-state index contributed by atoms with van der Waals surface area (Å²) < 4.78 is 0. The summed E-state index contributed by atoms with van der Waals surface area (Å²) >= 11 is 0. The van der Waals surface area contributed by atoms with Crippen LogP contribution in [-0.4, -0.2) is 12.6 Å². The summed E-state index contributed by atoms with van der Waals surface area (Å²) in [5.74, 6) is 0. The van der Waals surface area contributed by atoms with Crippen molar-refractivity contribution in [2.45, 2.75) is 0 Å². The van der Waals surface area contributed by atoms with E-state index in [1.54, 1.807) is 6.08 Å². The highest BCUT2D eigenvalue weighted by molar-refractivity contribution is 6.33. The molecule has 0 fully saturated rings. The van der Waals surface area contributed by atoms with Crippen LogP contribution < -0.4 is 4.81 Å². The van der Waals surface area contributed by atoms with Crippen molar-refractivity contribution in [2.75, 3.05) is 4.81 Å². The maximum absolute atomic E-state index is 8.89. The molecule has 1 N–H and O–H groups in total. The van der Waals surface area contributed by atoms with E-state index in [9.17, 15) is 0 Å². The summed E-state index contributed by atoms with van der Waals surface area (Å²) in [6.07, 6.45) is 3.26. The number of rotatable bonds is 4. The normalized spacial score (nSPS) is 9.00. The van der Waals surface area contributed by atoms with Crippen LogP contribution in [0.3, 0.4) is 0 Å². The Bertz CT molecular complexity index is 312. The molecule has 1 aromatic carbocycles. The molecule has 0 aliphatic rings. The highest BCUT2D eigenvalue weighted by Gasteiger charge is 2.05. The Morgan fingerprint density at radius 3 is 2.54 bits per heavy atom. The van der Waals surface area contributed by atoms with Gasteiger partial charge in [0.15, 0.2) is 0 Å². The molecule has 0 aromatic heterocycles. The average molecular weight is 172 g/mol. The molecule has 3 heteroatoms. The molecule has 13 heavy (non-hydrogen) atoms. The molecule has 0 aliphatic heterocycles. The van der Waals surface area contributed by atoms with E-state index in [-0.39, 0.29) is 0 Å². The van der Waals surface area contributed by atoms with Crippen LogP contribution >= 0.6 is 0 Å². The van der Waals surface area contributed by atoms with E-state index in [0.29, 0.717) is 0 Å². The Kier molecular flexibility index (Phi) is 3.35. The number of anilines is 1. The van der Waals surface area contributed by atoms with Gasteiger partial charge in [-0.15, -0.1) is 0 Å². The van der Waals surface area contributed by atoms with E-state index in [1.165, 1.54) is 11.0 Å². The van der Waals surface area contributed by atoms with Crippen LogP contribution in [0.25, 0.3) is 6.08 Å². The lowest BCUT2D eigenvalue weighted by molar-refractivity contribution is 0.601. The quantitative estimate of drug-likeness (QED) is 0.700. The summed E-state index contributed by atoms with van der Waals surface area (Å²) in [6.45, 7) is 7.27. The molecule has 2 nitrogen and oxygen atoms in total. The lowest BCUT2D eigenvalue weighted by atomic mass is 10.1. The summed E-state index contributed by atoms with van der Waals surface area (Å²) in [7, 11) is 0.968. The van der Waals surface area contributed by atoms with Crippen LogP contribution in [0.15, 0.2) is 43.6 Å². The minimum absolute atomic E-state index is 0.856. The van der Waals surface area contributed by atoms with Gasteiger partial charge in [0.1, 0.15) is 0 Å². The second-order valence-electron chi connectivity index (χ2n) is 2.47. The molecular formula is C10H11BNO. The van der Waals surface area contributed by atoms with E-state index in [0.717, 1.165) is 18.9 Å². The number of benzene rings is 1. The second kappa shape index (κ2) is 4.53. The maximum atomic E-state index is 8.89. The fourth-order valence-electron chi connectivity index (χ4n) is 1.10. The van der Waals surface area contributed by atoms with Gasteiger partial charge in [-0.2, -0.15) is 0 Å². The van der Waals surface area contributed by atoms with Gasteiger partial charge >= 0.3 is 7.62 Å². The van der Waals surface area contributed by atoms with Gasteiger partial charge in [0.25, 0.3) is 0 Å². The molecule has 0 unspecified atom stereocenters. The topological polar surface area (TPSA) is 23.5 Å². The van der Waals surface area contributed by atoms with E-state index in [4.69, 9.17) is 5.02 Å². The number of nitrogens with zero attached hydrogens (tertiary/aromatic N) is 1. The molecule has 0 amide bonds. The predicted octanol–water partition coefficient (Wildman–Crippen LogP) is 1.81. The van der Waals surface area contributed by atoms with Crippen LogP contribution in [0.5, 0.6) is 0 Å². The standard InChI is InChI=1S/C10H11BNO/c1-3-9-7-5-6-8-10(9)12(4-2)11-13/h3-8,13H,1-2H2. The fourth-order valence-corrected chi connectivity index (χ4v) is 1.10. The molecule has 0 aliphatic carbocycles. The number of hydrogen-bond acceptors (Lipinski definition) is 2. The predicted molar refractivity (Wildman–Crippen MR) is 57.2 cm³/mol. The Labute approximate surface area is 79.1 Å². The first-order valence-corrected chi connectivity index (χ1v) is 3.93. The van der Waals surface area contributed by atoms with Crippen LogP contribution in [0.1, 0.15) is 5.56 Å². The fraction of sp³-hybridized carbons (Fsp3) is 0. The lowest BCUT2D eigenvalue weighted by Gasteiger charge is -2.17. The molecule has 0 saturated heterocycles. The number of hydrogen-bond donors (Lipinski definition) is 1. The SMILES string of the molecule is C=Cc1ccccc1N([B]O)C=C. The maximum Gasteiger partial charge on any atom is 0.440 e. The zero-order valence-electron chi connectivity index (χ0n) is 7.35. The van der Waals surface area contributed by atoms with Gasteiger partial charge in [-0.05, 0) is 17.8 Å². The van der Waals surface area contributed by atoms with Crippen molar-refractivity contribution in [3.63, 3.8) is 0 Å². The first-order valence-electron chi connectivity index (χ1n) is 3.93. The van der Waals surface area contributed by atoms with E-state index < -0.39 is 0 Å². The second-order valence-corrected chi connectivity index (χ2v) is 2.47. The van der Waals surface area contributed by atoms with Crippen LogP contribution in [-0.2, 0) is 0 Å². The Hall–Kier alpha value is -1.48. The molecule has 1 rings (SSSR count). The largest absolute Gasteiger partial charge is 0.440 e. The Morgan fingerprint density at radius 2 is 2.00 bits per heavy atom. The van der Waals surface area contributed by atoms with Crippen LogP contribution in [0.2, 0.25) is 0 Å². The molecule has 65 valence electrons. The third kappa shape index (κ3) is 2.01. The molecular weight excluding hydrogens is 161 g/mol. The van der Waals surface area contributed by atoms with Crippen molar-refractivity contribution in [2.24, 2.45) is 0 Å². The van der Waals surface area contributed by atoms with Gasteiger partial charge in [-0.3, -0.25) is 0 Å². The van der Waals surface area contributed by atoms with Crippen molar-refractivity contribution in [1.82, 2.24) is 0 Å². The first-order chi connectivity index (χ1) is 6.33. The van der Waals surface area contributed by atoms with Crippen molar-refractivity contribution < 1.29 is 5.02 Å². The van der Waals surface area contributed by atoms with Crippen molar-refractivity contribution in [1.29, 1.82) is 0 Å². The van der Waals surface area contributed by atoms with Gasteiger partial charge in [-0.25, -0.2) is 0 Å². The van der Waals surface area contributed by atoms with E-state index in [2.05, 4.69) is 13.2 Å². The average Bonchev–Trinajstić information content (AvgIpc) is 2.20. The summed E-state index contributed by atoms with van der Waals surface area (Å²) in [4.78, 5) is 1.52. The molecule has 1 radical (unpaired) electrons. The highest BCUT2D eigenvalue weighted by atomic mass is 16.2. The zero-order valence-corrected chi connectivity index (χ0v) is 7.35. The third-order valence-corrected chi connectivity index (χ3v) is 1.76. The van der Waals surface area contributed by atoms with Crippen molar-refractivity contribution in [3.8, 4) is 0 Å². The monoisotopic (exact) mass is 172 g/mol. The van der Waals surface area contributed by atoms with Crippen molar-refractivity contribution >= 4 is 19.4 Å². The van der Waals surface area contributed by atoms with Gasteiger partial charge in [0.2, 0.25) is 0 Å². The Morgan fingerprint density at radius 1 is 1.31 bits per heavy atom. The summed E-state index contributed by atoms with van der Waals surface area (Å²) in [6, 6.07) is 7.61. The number of para-hydroxylation sites is 1. The molecule has 0 saturated carbocycles. The first kappa shape index (κ1) is 9.61. The highest BCUT2D eigenvalue weighted by Crippen LogP contribution is 2.20. The molecule has 0 spiro atoms. The third-order valence-electron chi connectivity index (χ3n) is 1.76. The van der Waals surface area contributed by atoms with Gasteiger partial charge in [-0.1, -0.05) is 37.4 Å². The van der Waals surface area contributed by atoms with E-state index in [1.807, 2.05) is 24.3 Å². The van der Waals surface area contributed by atoms with Gasteiger partial charge in [0, 0.05) is 5.69 Å². The Balaban J connectivity index is 3.10. The molecule has 0 atom stereocenters. The molecule has 1 aromatic rings. The molecule has 0 heterocycles. The smallest absolute Gasteiger partial charge is 0.435 e. The minimum atomic E-state index is 0.856. The van der Waals surface area contributed by atoms with Crippen LogP contribution in [0, 0.1) is 0 Å². The van der Waals surface area contributed by atoms with Gasteiger partial charge < -0.3 is 9.83 Å². The lowest BCUT2D eigenvalue weighted by Crippen LogP contribution is -2.20. The van der Waals surface area contributed by atoms with Gasteiger partial charge in [0.05, 0.1) is 0 Å². The summed E-state index contributed by atoms with van der Waals surface area (Å²) in [5, 5.41) is 8.89. The minimum Gasteiger partial charge on any atom is -0.435 e. The molecule has 0 bridgehead atoms. The van der Waals surface area contributed by atoms with E-state index >= 15 is 0 Å². The van der Waals surface area contributed by atoms with Crippen LogP contribution in [0.4, 0.5) is 5.69 Å². The van der Waals surface area contributed by atoms with Crippen molar-refractivity contribution in [3.05, 3.63) is 49.2 Å². The summed E-state index contributed by atoms with van der Waals surface area (Å²) in [5.41, 5.74) is 1.81. The zero-order chi connectivity index (χ0) is 9.68.